The number of thiazole rings is 2. The zero-order chi connectivity index (χ0) is 58.8. The van der Waals surface area contributed by atoms with Crippen LogP contribution in [0.3, 0.4) is 0 Å². The fraction of sp³-hybridized carbons (Fsp3) is 0.574. The van der Waals surface area contributed by atoms with Gasteiger partial charge in [-0.15, -0.1) is 0 Å². The number of aromatic nitrogens is 2. The van der Waals surface area contributed by atoms with E-state index in [1.165, 1.54) is 0 Å². The predicted molar refractivity (Wildman–Crippen MR) is 324 cm³/mol. The maximum absolute atomic E-state index is 14.3. The van der Waals surface area contributed by atoms with Gasteiger partial charge in [-0.25, -0.2) is 9.97 Å². The molecule has 0 unspecified atom stereocenters. The van der Waals surface area contributed by atoms with E-state index in [4.69, 9.17) is 9.97 Å². The summed E-state index contributed by atoms with van der Waals surface area (Å²) < 4.78 is 0. The molecule has 83 heavy (non-hydrogen) atoms. The number of rotatable bonds is 26. The Morgan fingerprint density at radius 3 is 1.25 bits per heavy atom. The third-order valence-corrected chi connectivity index (χ3v) is 18.8. The molecule has 4 fully saturated rings. The second-order valence-electron chi connectivity index (χ2n) is 22.6. The van der Waals surface area contributed by atoms with Crippen molar-refractivity contribution in [2.75, 3.05) is 50.9 Å². The maximum Gasteiger partial charge on any atom is 0.280 e. The number of amides is 8. The van der Waals surface area contributed by atoms with Crippen molar-refractivity contribution in [3.8, 4) is 22.5 Å². The van der Waals surface area contributed by atoms with E-state index < -0.39 is 36.3 Å². The normalized spacial score (nSPS) is 19.0. The number of unbranched alkanes of at least 4 members (excludes halogenated alkanes) is 4. The smallest absolute Gasteiger partial charge is 0.280 e. The van der Waals surface area contributed by atoms with Crippen LogP contribution >= 0.6 is 22.7 Å². The zero-order valence-corrected chi connectivity index (χ0v) is 50.2. The molecule has 0 spiro atoms. The van der Waals surface area contributed by atoms with E-state index in [9.17, 15) is 38.4 Å². The van der Waals surface area contributed by atoms with Gasteiger partial charge in [-0.2, -0.15) is 0 Å². The molecule has 8 rings (SSSR count). The largest absolute Gasteiger partial charge is 0.350 e. The van der Waals surface area contributed by atoms with Gasteiger partial charge in [-0.3, -0.25) is 38.4 Å². The molecule has 2 saturated carbocycles. The van der Waals surface area contributed by atoms with Crippen LogP contribution in [0.1, 0.15) is 155 Å². The highest BCUT2D eigenvalue weighted by Crippen LogP contribution is 2.37. The number of nitrogens with one attached hydrogen (secondary N) is 8. The number of carbonyl (C=O) groups excluding carboxylic acids is 8. The zero-order valence-electron chi connectivity index (χ0n) is 48.5. The van der Waals surface area contributed by atoms with Gasteiger partial charge in [0.25, 0.3) is 11.8 Å². The van der Waals surface area contributed by atoms with Crippen LogP contribution in [0.4, 0.5) is 10.0 Å². The van der Waals surface area contributed by atoms with Gasteiger partial charge in [0, 0.05) is 37.3 Å². The van der Waals surface area contributed by atoms with Gasteiger partial charge in [0.2, 0.25) is 35.4 Å². The monoisotopic (exact) mass is 1180 g/mol. The summed E-state index contributed by atoms with van der Waals surface area (Å²) in [6.07, 6.45) is 15.7. The third kappa shape index (κ3) is 16.4. The van der Waals surface area contributed by atoms with E-state index in [0.717, 1.165) is 130 Å². The van der Waals surface area contributed by atoms with Gasteiger partial charge in [0.15, 0.2) is 10.0 Å². The molecular weight excluding hydrogens is 1090 g/mol. The van der Waals surface area contributed by atoms with Crippen molar-refractivity contribution in [3.63, 3.8) is 0 Å². The van der Waals surface area contributed by atoms with E-state index in [1.54, 1.807) is 37.7 Å². The van der Waals surface area contributed by atoms with Crippen molar-refractivity contribution in [1.82, 2.24) is 51.7 Å². The molecule has 0 bridgehead atoms. The first-order chi connectivity index (χ1) is 40.3. The number of nitrogens with zero attached hydrogens (tertiary/aromatic N) is 4. The minimum absolute atomic E-state index is 0.00911. The molecule has 448 valence electrons. The fourth-order valence-electron chi connectivity index (χ4n) is 11.8. The second-order valence-corrected chi connectivity index (χ2v) is 24.6. The molecule has 2 saturated heterocycles. The molecular formula is C61H84N12O8S2. The number of anilines is 2. The summed E-state index contributed by atoms with van der Waals surface area (Å²) in [4.78, 5) is 123. The maximum atomic E-state index is 14.3. The lowest BCUT2D eigenvalue weighted by Gasteiger charge is -2.35. The van der Waals surface area contributed by atoms with E-state index in [1.807, 2.05) is 60.7 Å². The second kappa shape index (κ2) is 30.8. The lowest BCUT2D eigenvalue weighted by molar-refractivity contribution is -0.142. The van der Waals surface area contributed by atoms with Gasteiger partial charge < -0.3 is 52.3 Å². The first-order valence-corrected chi connectivity index (χ1v) is 31.8. The van der Waals surface area contributed by atoms with Crippen molar-refractivity contribution in [3.05, 3.63) is 70.7 Å². The van der Waals surface area contributed by atoms with Gasteiger partial charge in [0.05, 0.1) is 12.1 Å². The quantitative estimate of drug-likeness (QED) is 0.0289. The fourth-order valence-corrected chi connectivity index (χ4v) is 13.6. The molecule has 4 aliphatic rings. The topological polar surface area (TPSA) is 265 Å². The highest BCUT2D eigenvalue weighted by molar-refractivity contribution is 7.18. The Morgan fingerprint density at radius 2 is 0.880 bits per heavy atom. The summed E-state index contributed by atoms with van der Waals surface area (Å²) in [6, 6.07) is 14.8. The molecule has 20 nitrogen and oxygen atoms in total. The molecule has 6 atom stereocenters. The molecule has 8 amide bonds. The van der Waals surface area contributed by atoms with Crippen LogP contribution in [0, 0.1) is 11.8 Å². The molecule has 8 N–H and O–H groups in total. The number of hydrogen-bond acceptors (Lipinski definition) is 14. The van der Waals surface area contributed by atoms with Crippen LogP contribution in [-0.4, -0.2) is 144 Å². The highest BCUT2D eigenvalue weighted by atomic mass is 32.1. The summed E-state index contributed by atoms with van der Waals surface area (Å²) in [5, 5.41) is 25.3. The van der Waals surface area contributed by atoms with Crippen molar-refractivity contribution in [1.29, 1.82) is 0 Å². The Hall–Kier alpha value is -6.62. The number of likely N-dealkylation sites (N-methyl/N-ethyl adjacent to an activating group) is 2. The van der Waals surface area contributed by atoms with Gasteiger partial charge >= 0.3 is 0 Å². The van der Waals surface area contributed by atoms with Crippen molar-refractivity contribution >= 4 is 79.9 Å². The lowest BCUT2D eigenvalue weighted by Crippen LogP contribution is -2.57. The molecule has 2 aliphatic heterocycles. The summed E-state index contributed by atoms with van der Waals surface area (Å²) in [5.41, 5.74) is 2.39. The van der Waals surface area contributed by atoms with Gasteiger partial charge in [-0.05, 0) is 104 Å². The van der Waals surface area contributed by atoms with E-state index in [0.29, 0.717) is 73.3 Å². The highest BCUT2D eigenvalue weighted by Gasteiger charge is 2.43. The summed E-state index contributed by atoms with van der Waals surface area (Å²) >= 11 is 2.19. The molecule has 4 aromatic rings. The summed E-state index contributed by atoms with van der Waals surface area (Å²) in [5.74, 6) is -2.42. The minimum Gasteiger partial charge on any atom is -0.350 e. The third-order valence-electron chi connectivity index (χ3n) is 16.8. The Balaban J connectivity index is 0.807. The number of hydrogen-bond donors (Lipinski definition) is 8. The van der Waals surface area contributed by atoms with Crippen LogP contribution in [0.5, 0.6) is 0 Å². The molecule has 22 heteroatoms. The molecule has 2 aromatic heterocycles. The standard InChI is InChI=1S/C61H84N12O8S2/c1-38(62-3)50(74)66-48(42-28-16-10-17-29-42)60(80)72-36-22-32-44(72)52(76)70-56-46(40-24-12-8-13-25-40)68-58(82-56)54(78)64-34-20-6-5-7-21-35-65-55(79)59-69-47(41-26-14-9-15-27-41)57(83-59)71-53(77)45-33-23-37-73(45)61(81)49(43-30-18-11-19-31-43)67-51(75)39(2)63-4/h8-9,12-15,24-27,38-39,42-45,48-49,62-63H,5-7,10-11,16-23,28-37H2,1-4H3,(H,64,78)(H,65,79)(H,66,74)(H,67,75)(H,70,76)(H,71,77)/t38-,39-,44-,45-,48-,49-/m0/s1. The minimum atomic E-state index is -0.747. The average Bonchev–Trinajstić information content (AvgIpc) is 4.56. The van der Waals surface area contributed by atoms with Crippen molar-refractivity contribution in [2.24, 2.45) is 11.8 Å². The van der Waals surface area contributed by atoms with Gasteiger partial charge in [0.1, 0.15) is 45.6 Å². The van der Waals surface area contributed by atoms with Crippen LogP contribution < -0.4 is 42.5 Å². The Labute approximate surface area is 495 Å². The number of benzene rings is 2. The number of carbonyl (C=O) groups is 8. The van der Waals surface area contributed by atoms with E-state index in [2.05, 4.69) is 42.5 Å². The first kappa shape index (κ1) is 62.4. The van der Waals surface area contributed by atoms with Crippen LogP contribution in [0.25, 0.3) is 22.5 Å². The van der Waals surface area contributed by atoms with Crippen molar-refractivity contribution in [2.45, 2.75) is 172 Å². The number of likely N-dealkylation sites (tertiary alicyclic amines) is 2. The molecule has 2 aromatic carbocycles. The van der Waals surface area contributed by atoms with Crippen LogP contribution in [0.2, 0.25) is 0 Å². The van der Waals surface area contributed by atoms with Gasteiger partial charge in [-0.1, -0.05) is 141 Å². The van der Waals surface area contributed by atoms with Crippen molar-refractivity contribution < 1.29 is 38.4 Å². The van der Waals surface area contributed by atoms with E-state index in [-0.39, 0.29) is 69.1 Å². The molecule has 4 heterocycles. The van der Waals surface area contributed by atoms with E-state index >= 15 is 0 Å². The van der Waals surface area contributed by atoms with Crippen LogP contribution in [0.15, 0.2) is 60.7 Å². The van der Waals surface area contributed by atoms with Crippen LogP contribution in [-0.2, 0) is 28.8 Å². The predicted octanol–water partition coefficient (Wildman–Crippen LogP) is 7.25. The molecule has 2 aliphatic carbocycles. The Kier molecular flexibility index (Phi) is 23.2. The molecule has 0 radical (unpaired) electrons. The first-order valence-electron chi connectivity index (χ1n) is 30.1. The SMILES string of the molecule is CN[C@@H](C)C(=O)N[C@H](C(=O)N1CCC[C@H]1C(=O)Nc1sc(C(=O)NCCCCCCCNC(=O)c2nc(-c3ccccc3)c(NC(=O)[C@@H]3CCCN3C(=O)[C@@H](NC(=O)[C@H](C)NC)C3CCCCC3)s2)nc1-c1ccccc1)C1CCCCC1. The average molecular weight is 1180 g/mol. The summed E-state index contributed by atoms with van der Waals surface area (Å²) in [6.45, 7) is 5.15. The Morgan fingerprint density at radius 1 is 0.506 bits per heavy atom. The lowest BCUT2D eigenvalue weighted by atomic mass is 9.83. The summed E-state index contributed by atoms with van der Waals surface area (Å²) in [7, 11) is 3.41. The Bertz CT molecular complexity index is 2670.